The van der Waals surface area contributed by atoms with E-state index in [1.165, 1.54) is 4.68 Å². The molecule has 2 aliphatic heterocycles. The number of nitrogens with one attached hydrogen (secondary N) is 1. The number of aliphatic hydroxyl groups is 1. The molecule has 59 heavy (non-hydrogen) atoms. The number of hydrogen-bond donors (Lipinski definition) is 2. The van der Waals surface area contributed by atoms with E-state index in [1.54, 1.807) is 30.1 Å². The fourth-order valence-electron chi connectivity index (χ4n) is 9.47. The van der Waals surface area contributed by atoms with Gasteiger partial charge in [-0.3, -0.25) is 19.5 Å². The van der Waals surface area contributed by atoms with Crippen LogP contribution in [0.5, 0.6) is 11.5 Å². The standard InChI is InChI=1S/C47H50N4O7Si/c1-31-44(59(4,5)37-22-19-35(56-2)20-23-37)42(28-43(53)49(25-26-52)29-32-11-7-6-8-12-32)58-47(31)39-27-36(57-3)21-24-41(39)50(46(47)55)30-33-15-17-34(18-16-33)51-45(54)38-13-9-10-14-40(38)48-51/h6-24,27,31,42,44,48,52H,25-26,28-30H2,1-5H3/t31-,42+,44-,47+/m0/s1. The predicted octanol–water partition coefficient (Wildman–Crippen LogP) is 6.51. The molecule has 4 atom stereocenters. The zero-order valence-electron chi connectivity index (χ0n) is 34.1. The van der Waals surface area contributed by atoms with Crippen LogP contribution in [0.15, 0.2) is 126 Å². The van der Waals surface area contributed by atoms with Gasteiger partial charge in [0.2, 0.25) is 5.91 Å². The Morgan fingerprint density at radius 3 is 2.22 bits per heavy atom. The quantitative estimate of drug-likeness (QED) is 0.128. The lowest BCUT2D eigenvalue weighted by molar-refractivity contribution is -0.150. The first-order chi connectivity index (χ1) is 28.5. The average molecular weight is 811 g/mol. The first kappa shape index (κ1) is 39.9. The molecular weight excluding hydrogens is 761 g/mol. The highest BCUT2D eigenvalue weighted by Gasteiger charge is 2.66. The molecule has 12 heteroatoms. The Labute approximate surface area is 344 Å². The van der Waals surface area contributed by atoms with E-state index in [4.69, 9.17) is 14.2 Å². The first-order valence-electron chi connectivity index (χ1n) is 20.0. The van der Waals surface area contributed by atoms with E-state index >= 15 is 4.79 Å². The molecule has 0 bridgehead atoms. The molecule has 2 amide bonds. The number of carbonyl (C=O) groups is 2. The average Bonchev–Trinajstić information content (AvgIpc) is 3.83. The van der Waals surface area contributed by atoms with Crippen LogP contribution < -0.4 is 25.1 Å². The van der Waals surface area contributed by atoms with Gasteiger partial charge in [0, 0.05) is 24.6 Å². The summed E-state index contributed by atoms with van der Waals surface area (Å²) >= 11 is 0. The summed E-state index contributed by atoms with van der Waals surface area (Å²) < 4.78 is 20.0. The third kappa shape index (κ3) is 7.04. The summed E-state index contributed by atoms with van der Waals surface area (Å²) in [6.45, 7) is 7.26. The van der Waals surface area contributed by atoms with Gasteiger partial charge in [-0.05, 0) is 71.3 Å². The summed E-state index contributed by atoms with van der Waals surface area (Å²) in [6.07, 6.45) is -0.577. The van der Waals surface area contributed by atoms with Crippen LogP contribution in [0.2, 0.25) is 18.6 Å². The van der Waals surface area contributed by atoms with Crippen molar-refractivity contribution in [2.24, 2.45) is 5.92 Å². The number of rotatable bonds is 13. The summed E-state index contributed by atoms with van der Waals surface area (Å²) in [7, 11) is 0.696. The Balaban J connectivity index is 1.17. The van der Waals surface area contributed by atoms with Gasteiger partial charge in [-0.15, -0.1) is 0 Å². The molecule has 1 aromatic heterocycles. The van der Waals surface area contributed by atoms with E-state index in [0.717, 1.165) is 33.3 Å². The van der Waals surface area contributed by atoms with Gasteiger partial charge in [-0.2, -0.15) is 0 Å². The number of aromatic nitrogens is 2. The molecule has 1 saturated heterocycles. The summed E-state index contributed by atoms with van der Waals surface area (Å²) in [5.41, 5.74) is 2.97. The monoisotopic (exact) mass is 810 g/mol. The molecule has 1 fully saturated rings. The van der Waals surface area contributed by atoms with Crippen LogP contribution in [0.4, 0.5) is 5.69 Å². The van der Waals surface area contributed by atoms with Crippen LogP contribution in [0, 0.1) is 5.92 Å². The lowest BCUT2D eigenvalue weighted by atomic mass is 9.82. The van der Waals surface area contributed by atoms with Crippen molar-refractivity contribution in [1.82, 2.24) is 14.7 Å². The summed E-state index contributed by atoms with van der Waals surface area (Å²) in [5.74, 6) is 0.664. The van der Waals surface area contributed by atoms with E-state index in [0.29, 0.717) is 28.9 Å². The highest BCUT2D eigenvalue weighted by atomic mass is 28.3. The molecule has 8 rings (SSSR count). The number of para-hydroxylation sites is 1. The molecule has 6 aromatic rings. The Kier molecular flexibility index (Phi) is 10.8. The topological polar surface area (TPSA) is 126 Å². The molecule has 0 saturated carbocycles. The lowest BCUT2D eigenvalue weighted by Gasteiger charge is -2.37. The fraction of sp³-hybridized carbons (Fsp3) is 0.298. The normalized spacial score (nSPS) is 20.0. The van der Waals surface area contributed by atoms with E-state index in [2.05, 4.69) is 37.2 Å². The van der Waals surface area contributed by atoms with Crippen LogP contribution in [0.25, 0.3) is 16.6 Å². The second-order valence-electron chi connectivity index (χ2n) is 16.1. The number of amides is 2. The molecule has 304 valence electrons. The van der Waals surface area contributed by atoms with Gasteiger partial charge in [-0.25, -0.2) is 4.68 Å². The zero-order valence-corrected chi connectivity index (χ0v) is 35.1. The number of fused-ring (bicyclic) bond motifs is 3. The molecule has 2 aliphatic rings. The maximum Gasteiger partial charge on any atom is 0.279 e. The van der Waals surface area contributed by atoms with E-state index in [1.807, 2.05) is 103 Å². The Morgan fingerprint density at radius 1 is 0.864 bits per heavy atom. The third-order valence-electron chi connectivity index (χ3n) is 12.5. The number of nitrogens with zero attached hydrogens (tertiary/aromatic N) is 3. The minimum absolute atomic E-state index is 0.0390. The number of H-pyrrole nitrogens is 1. The maximum absolute atomic E-state index is 15.4. The first-order valence-corrected chi connectivity index (χ1v) is 23.1. The van der Waals surface area contributed by atoms with E-state index in [9.17, 15) is 14.7 Å². The number of ether oxygens (including phenoxy) is 3. The highest BCUT2D eigenvalue weighted by molar-refractivity contribution is 6.91. The fourth-order valence-corrected chi connectivity index (χ4v) is 13.5. The van der Waals surface area contributed by atoms with Crippen LogP contribution in [0.3, 0.4) is 0 Å². The molecule has 11 nitrogen and oxygen atoms in total. The van der Waals surface area contributed by atoms with Crippen molar-refractivity contribution >= 4 is 41.7 Å². The number of carbonyl (C=O) groups excluding carboxylic acids is 2. The SMILES string of the molecule is COc1ccc([Si](C)(C)[C@@H]2[C@@H](CC(=O)N(CCO)Cc3ccccc3)O[C@]3(C(=O)N(Cc4ccc(-n5[nH]c6ccccc6c5=O)cc4)c4ccc(OC)cc43)[C@H]2C)cc1. The molecule has 0 unspecified atom stereocenters. The van der Waals surface area contributed by atoms with Gasteiger partial charge in [0.25, 0.3) is 11.5 Å². The highest BCUT2D eigenvalue weighted by Crippen LogP contribution is 2.60. The number of anilines is 1. The van der Waals surface area contributed by atoms with Gasteiger partial charge in [0.1, 0.15) is 11.5 Å². The minimum atomic E-state index is -2.55. The third-order valence-corrected chi connectivity index (χ3v) is 16.8. The van der Waals surface area contributed by atoms with E-state index in [-0.39, 0.29) is 54.9 Å². The number of aromatic amines is 1. The van der Waals surface area contributed by atoms with Crippen LogP contribution in [-0.4, -0.2) is 73.2 Å². The lowest BCUT2D eigenvalue weighted by Crippen LogP contribution is -2.52. The Bertz CT molecular complexity index is 2540. The number of benzene rings is 5. The minimum Gasteiger partial charge on any atom is -0.497 e. The van der Waals surface area contributed by atoms with Gasteiger partial charge in [-0.1, -0.05) is 91.9 Å². The largest absolute Gasteiger partial charge is 0.497 e. The van der Waals surface area contributed by atoms with Crippen LogP contribution >= 0.6 is 0 Å². The van der Waals surface area contributed by atoms with Gasteiger partial charge >= 0.3 is 0 Å². The van der Waals surface area contributed by atoms with E-state index < -0.39 is 19.8 Å². The number of hydrogen-bond acceptors (Lipinski definition) is 7. The molecule has 0 aliphatic carbocycles. The Hall–Kier alpha value is -5.95. The molecule has 5 aromatic carbocycles. The van der Waals surface area contributed by atoms with Crippen molar-refractivity contribution in [3.63, 3.8) is 0 Å². The molecule has 2 N–H and O–H groups in total. The number of aliphatic hydroxyl groups excluding tert-OH is 1. The maximum atomic E-state index is 15.4. The summed E-state index contributed by atoms with van der Waals surface area (Å²) in [5, 5.41) is 15.0. The van der Waals surface area contributed by atoms with Crippen LogP contribution in [-0.2, 0) is 33.0 Å². The van der Waals surface area contributed by atoms with Gasteiger partial charge in [0.05, 0.1) is 70.2 Å². The van der Waals surface area contributed by atoms with Crippen LogP contribution in [0.1, 0.15) is 30.0 Å². The summed E-state index contributed by atoms with van der Waals surface area (Å²) in [6, 6.07) is 38.6. The van der Waals surface area contributed by atoms with Crippen molar-refractivity contribution < 1.29 is 28.9 Å². The van der Waals surface area contributed by atoms with Crippen molar-refractivity contribution in [2.75, 3.05) is 32.3 Å². The summed E-state index contributed by atoms with van der Waals surface area (Å²) in [4.78, 5) is 46.5. The number of methoxy groups -OCH3 is 2. The van der Waals surface area contributed by atoms with Gasteiger partial charge in [0.15, 0.2) is 5.60 Å². The molecule has 3 heterocycles. The van der Waals surface area contributed by atoms with Crippen molar-refractivity contribution in [1.29, 1.82) is 0 Å². The second kappa shape index (κ2) is 16.0. The predicted molar refractivity (Wildman–Crippen MR) is 231 cm³/mol. The Morgan fingerprint density at radius 2 is 1.54 bits per heavy atom. The molecular formula is C47H50N4O7Si. The van der Waals surface area contributed by atoms with Crippen molar-refractivity contribution in [2.45, 2.75) is 56.8 Å². The van der Waals surface area contributed by atoms with Crippen molar-refractivity contribution in [3.8, 4) is 17.2 Å². The second-order valence-corrected chi connectivity index (χ2v) is 20.8. The van der Waals surface area contributed by atoms with Crippen molar-refractivity contribution in [3.05, 3.63) is 148 Å². The molecule has 1 spiro atoms. The molecule has 0 radical (unpaired) electrons. The zero-order chi connectivity index (χ0) is 41.5. The van der Waals surface area contributed by atoms with Gasteiger partial charge < -0.3 is 29.1 Å². The smallest absolute Gasteiger partial charge is 0.279 e.